The van der Waals surface area contributed by atoms with Gasteiger partial charge < -0.3 is 14.6 Å². The van der Waals surface area contributed by atoms with Crippen LogP contribution in [0.5, 0.6) is 0 Å². The monoisotopic (exact) mass is 214 g/mol. The molecule has 0 aromatic carbocycles. The highest BCUT2D eigenvalue weighted by molar-refractivity contribution is 4.82. The van der Waals surface area contributed by atoms with Crippen molar-refractivity contribution in [1.29, 1.82) is 0 Å². The number of ether oxygens (including phenoxy) is 2. The van der Waals surface area contributed by atoms with E-state index in [2.05, 4.69) is 0 Å². The lowest BCUT2D eigenvalue weighted by atomic mass is 9.81. The molecule has 1 saturated carbocycles. The van der Waals surface area contributed by atoms with Gasteiger partial charge in [0.15, 0.2) is 6.29 Å². The molecule has 1 aliphatic carbocycles. The topological polar surface area (TPSA) is 38.7 Å². The summed E-state index contributed by atoms with van der Waals surface area (Å²) in [6.45, 7) is 1.46. The maximum absolute atomic E-state index is 10.3. The van der Waals surface area contributed by atoms with Crippen LogP contribution in [-0.4, -0.2) is 30.2 Å². The van der Waals surface area contributed by atoms with E-state index in [0.29, 0.717) is 0 Å². The summed E-state index contributed by atoms with van der Waals surface area (Å²) in [5.41, 5.74) is -0.378. The van der Waals surface area contributed by atoms with Crippen molar-refractivity contribution in [3.8, 4) is 0 Å². The summed E-state index contributed by atoms with van der Waals surface area (Å²) in [4.78, 5) is 0. The molecule has 1 aliphatic heterocycles. The number of rotatable bonds is 4. The van der Waals surface area contributed by atoms with Crippen LogP contribution in [0.2, 0.25) is 0 Å². The van der Waals surface area contributed by atoms with Crippen molar-refractivity contribution in [1.82, 2.24) is 0 Å². The van der Waals surface area contributed by atoms with Crippen LogP contribution < -0.4 is 0 Å². The van der Waals surface area contributed by atoms with Gasteiger partial charge in [-0.15, -0.1) is 0 Å². The third kappa shape index (κ3) is 3.44. The molecule has 0 amide bonds. The predicted molar refractivity (Wildman–Crippen MR) is 57.6 cm³/mol. The van der Waals surface area contributed by atoms with E-state index in [1.54, 1.807) is 0 Å². The van der Waals surface area contributed by atoms with Gasteiger partial charge in [-0.1, -0.05) is 19.3 Å². The summed E-state index contributed by atoms with van der Waals surface area (Å²) in [5.74, 6) is 0. The minimum absolute atomic E-state index is 0.00260. The Hall–Kier alpha value is -0.120. The van der Waals surface area contributed by atoms with E-state index in [1.165, 1.54) is 19.3 Å². The molecule has 1 heterocycles. The first-order valence-electron chi connectivity index (χ1n) is 6.24. The van der Waals surface area contributed by atoms with E-state index in [4.69, 9.17) is 9.47 Å². The minimum atomic E-state index is -0.378. The number of hydrogen-bond donors (Lipinski definition) is 1. The van der Waals surface area contributed by atoms with Crippen LogP contribution in [0, 0.1) is 0 Å². The van der Waals surface area contributed by atoms with Crippen molar-refractivity contribution < 1.29 is 14.6 Å². The second kappa shape index (κ2) is 5.28. The molecule has 2 fully saturated rings. The van der Waals surface area contributed by atoms with Crippen molar-refractivity contribution >= 4 is 0 Å². The molecule has 2 aliphatic rings. The fraction of sp³-hybridized carbons (Fsp3) is 1.00. The van der Waals surface area contributed by atoms with Crippen molar-refractivity contribution in [2.75, 3.05) is 13.2 Å². The molecule has 0 bridgehead atoms. The Morgan fingerprint density at radius 3 is 2.40 bits per heavy atom. The van der Waals surface area contributed by atoms with Crippen molar-refractivity contribution in [2.24, 2.45) is 0 Å². The van der Waals surface area contributed by atoms with Crippen LogP contribution in [0.25, 0.3) is 0 Å². The molecule has 1 N–H and O–H groups in total. The van der Waals surface area contributed by atoms with Crippen LogP contribution in [0.4, 0.5) is 0 Å². The molecule has 0 atom stereocenters. The van der Waals surface area contributed by atoms with E-state index < -0.39 is 0 Å². The standard InChI is InChI=1S/C12H22O3/c13-12(6-2-1-3-7-12)8-4-5-11-14-9-10-15-11/h11,13H,1-10H2. The average molecular weight is 214 g/mol. The maximum Gasteiger partial charge on any atom is 0.157 e. The third-order valence-corrected chi connectivity index (χ3v) is 3.56. The molecule has 3 heteroatoms. The molecule has 88 valence electrons. The van der Waals surface area contributed by atoms with Crippen molar-refractivity contribution in [3.63, 3.8) is 0 Å². The predicted octanol–water partition coefficient (Wildman–Crippen LogP) is 2.22. The average Bonchev–Trinajstić information content (AvgIpc) is 2.71. The third-order valence-electron chi connectivity index (χ3n) is 3.56. The molecule has 0 aromatic heterocycles. The van der Waals surface area contributed by atoms with Gasteiger partial charge in [-0.2, -0.15) is 0 Å². The summed E-state index contributed by atoms with van der Waals surface area (Å²) >= 11 is 0. The molecule has 0 radical (unpaired) electrons. The highest BCUT2D eigenvalue weighted by atomic mass is 16.7. The highest BCUT2D eigenvalue weighted by Crippen LogP contribution is 2.32. The van der Waals surface area contributed by atoms with Crippen molar-refractivity contribution in [3.05, 3.63) is 0 Å². The van der Waals surface area contributed by atoms with Gasteiger partial charge in [-0.25, -0.2) is 0 Å². The molecule has 3 nitrogen and oxygen atoms in total. The summed E-state index contributed by atoms with van der Waals surface area (Å²) in [6.07, 6.45) is 8.49. The first-order chi connectivity index (χ1) is 7.29. The van der Waals surface area contributed by atoms with Gasteiger partial charge in [-0.05, 0) is 32.1 Å². The Morgan fingerprint density at radius 2 is 1.73 bits per heavy atom. The fourth-order valence-corrected chi connectivity index (χ4v) is 2.63. The second-order valence-electron chi connectivity index (χ2n) is 4.85. The Morgan fingerprint density at radius 1 is 1.07 bits per heavy atom. The minimum Gasteiger partial charge on any atom is -0.390 e. The normalized spacial score (nSPS) is 27.0. The smallest absolute Gasteiger partial charge is 0.157 e. The number of aliphatic hydroxyl groups is 1. The Balaban J connectivity index is 1.63. The Bertz CT molecular complexity index is 181. The molecule has 1 saturated heterocycles. The van der Waals surface area contributed by atoms with Gasteiger partial charge >= 0.3 is 0 Å². The van der Waals surface area contributed by atoms with Crippen LogP contribution in [0.15, 0.2) is 0 Å². The zero-order valence-electron chi connectivity index (χ0n) is 9.41. The lowest BCUT2D eigenvalue weighted by Crippen LogP contribution is -2.31. The lowest BCUT2D eigenvalue weighted by Gasteiger charge is -2.32. The van der Waals surface area contributed by atoms with E-state index in [9.17, 15) is 5.11 Å². The van der Waals surface area contributed by atoms with Gasteiger partial charge in [0.2, 0.25) is 0 Å². The van der Waals surface area contributed by atoms with Gasteiger partial charge in [0, 0.05) is 0 Å². The Kier molecular flexibility index (Phi) is 4.00. The molecule has 15 heavy (non-hydrogen) atoms. The van der Waals surface area contributed by atoms with E-state index in [1.807, 2.05) is 0 Å². The Labute approximate surface area is 91.8 Å². The number of hydrogen-bond acceptors (Lipinski definition) is 3. The molecule has 2 rings (SSSR count). The highest BCUT2D eigenvalue weighted by Gasteiger charge is 2.29. The zero-order valence-corrected chi connectivity index (χ0v) is 9.41. The first-order valence-corrected chi connectivity index (χ1v) is 6.24. The maximum atomic E-state index is 10.3. The zero-order chi connectivity index (χ0) is 10.6. The van der Waals surface area contributed by atoms with Crippen LogP contribution in [-0.2, 0) is 9.47 Å². The summed E-state index contributed by atoms with van der Waals surface area (Å²) in [6, 6.07) is 0. The van der Waals surface area contributed by atoms with Crippen molar-refractivity contribution in [2.45, 2.75) is 63.3 Å². The van der Waals surface area contributed by atoms with Gasteiger partial charge in [0.25, 0.3) is 0 Å². The van der Waals surface area contributed by atoms with Crippen LogP contribution in [0.1, 0.15) is 51.4 Å². The van der Waals surface area contributed by atoms with Gasteiger partial charge in [0.05, 0.1) is 18.8 Å². The van der Waals surface area contributed by atoms with Gasteiger partial charge in [-0.3, -0.25) is 0 Å². The summed E-state index contributed by atoms with van der Waals surface area (Å²) in [5, 5.41) is 10.3. The quantitative estimate of drug-likeness (QED) is 0.780. The van der Waals surface area contributed by atoms with E-state index >= 15 is 0 Å². The molecule has 0 spiro atoms. The largest absolute Gasteiger partial charge is 0.390 e. The molecular formula is C12H22O3. The SMILES string of the molecule is OC1(CCCC2OCCO2)CCCCC1. The van der Waals surface area contributed by atoms with E-state index in [0.717, 1.165) is 45.3 Å². The van der Waals surface area contributed by atoms with Crippen LogP contribution >= 0.6 is 0 Å². The fourth-order valence-electron chi connectivity index (χ4n) is 2.63. The molecule has 0 unspecified atom stereocenters. The summed E-state index contributed by atoms with van der Waals surface area (Å²) < 4.78 is 10.7. The van der Waals surface area contributed by atoms with E-state index in [-0.39, 0.29) is 11.9 Å². The van der Waals surface area contributed by atoms with Crippen LogP contribution in [0.3, 0.4) is 0 Å². The lowest BCUT2D eigenvalue weighted by molar-refractivity contribution is -0.0566. The molecular weight excluding hydrogens is 192 g/mol. The first kappa shape index (κ1) is 11.4. The molecule has 0 aromatic rings. The summed E-state index contributed by atoms with van der Waals surface area (Å²) in [7, 11) is 0. The second-order valence-corrected chi connectivity index (χ2v) is 4.85. The van der Waals surface area contributed by atoms with Gasteiger partial charge in [0.1, 0.15) is 0 Å².